The zero-order valence-corrected chi connectivity index (χ0v) is 18.5. The molecule has 32 heavy (non-hydrogen) atoms. The molecule has 0 aliphatic rings. The monoisotopic (exact) mass is 438 g/mol. The smallest absolute Gasteiger partial charge is 0.335 e. The summed E-state index contributed by atoms with van der Waals surface area (Å²) in [5, 5.41) is 20.0. The second kappa shape index (κ2) is 9.99. The number of nitrogens with zero attached hydrogens (tertiary/aromatic N) is 5. The molecule has 0 saturated heterocycles. The Morgan fingerprint density at radius 2 is 1.88 bits per heavy atom. The predicted octanol–water partition coefficient (Wildman–Crippen LogP) is 4.43. The number of H-pyrrole nitrogens is 1. The molecule has 0 aliphatic carbocycles. The van der Waals surface area contributed by atoms with Gasteiger partial charge in [-0.2, -0.15) is 14.8 Å². The van der Waals surface area contributed by atoms with E-state index in [2.05, 4.69) is 32.2 Å². The summed E-state index contributed by atoms with van der Waals surface area (Å²) >= 11 is 0. The van der Waals surface area contributed by atoms with Crippen molar-refractivity contribution in [1.82, 2.24) is 19.7 Å². The van der Waals surface area contributed by atoms with Gasteiger partial charge >= 0.3 is 11.5 Å². The molecule has 3 aromatic rings. The van der Waals surface area contributed by atoms with Gasteiger partial charge in [0.25, 0.3) is 5.95 Å². The molecule has 0 radical (unpaired) electrons. The fourth-order valence-corrected chi connectivity index (χ4v) is 3.13. The third kappa shape index (κ3) is 4.90. The van der Waals surface area contributed by atoms with Crippen molar-refractivity contribution in [3.05, 3.63) is 57.1 Å². The Morgan fingerprint density at radius 1 is 1.16 bits per heavy atom. The Kier molecular flexibility index (Phi) is 7.14. The lowest BCUT2D eigenvalue weighted by Gasteiger charge is -2.13. The minimum Gasteiger partial charge on any atom is -0.478 e. The van der Waals surface area contributed by atoms with Gasteiger partial charge in [-0.25, -0.2) is 9.78 Å². The maximum atomic E-state index is 13.0. The van der Waals surface area contributed by atoms with Crippen molar-refractivity contribution >= 4 is 17.3 Å². The third-order valence-electron chi connectivity index (χ3n) is 4.85. The highest BCUT2D eigenvalue weighted by atomic mass is 16.5. The second-order valence-corrected chi connectivity index (χ2v) is 7.21. The molecule has 0 fully saturated rings. The summed E-state index contributed by atoms with van der Waals surface area (Å²) in [7, 11) is 0. The van der Waals surface area contributed by atoms with Crippen molar-refractivity contribution < 1.29 is 14.6 Å². The van der Waals surface area contributed by atoms with E-state index in [1.165, 1.54) is 28.9 Å². The number of aromatic carboxylic acids is 1. The van der Waals surface area contributed by atoms with Crippen LogP contribution in [-0.2, 0) is 6.42 Å². The molecule has 0 unspecified atom stereocenters. The van der Waals surface area contributed by atoms with Gasteiger partial charge in [-0.05, 0) is 57.9 Å². The number of ether oxygens (including phenoxy) is 1. The van der Waals surface area contributed by atoms with E-state index in [1.807, 2.05) is 13.8 Å². The molecule has 0 spiro atoms. The van der Waals surface area contributed by atoms with Crippen LogP contribution >= 0.6 is 0 Å². The number of nitrogens with one attached hydrogen (secondary N) is 1. The molecule has 10 heteroatoms. The van der Waals surface area contributed by atoms with Gasteiger partial charge in [0.1, 0.15) is 0 Å². The molecule has 0 bridgehead atoms. The highest BCUT2D eigenvalue weighted by molar-refractivity contribution is 5.87. The van der Waals surface area contributed by atoms with Gasteiger partial charge in [0.15, 0.2) is 5.69 Å². The van der Waals surface area contributed by atoms with Crippen LogP contribution < -0.4 is 10.3 Å². The molecule has 168 valence electrons. The quantitative estimate of drug-likeness (QED) is 0.475. The van der Waals surface area contributed by atoms with Crippen LogP contribution in [0.1, 0.15) is 54.0 Å². The molecule has 0 atom stereocenters. The van der Waals surface area contributed by atoms with Gasteiger partial charge in [0.05, 0.1) is 23.6 Å². The van der Waals surface area contributed by atoms with Crippen molar-refractivity contribution in [2.24, 2.45) is 10.2 Å². The number of rotatable bonds is 9. The Hall–Kier alpha value is -3.82. The molecule has 2 heterocycles. The first-order chi connectivity index (χ1) is 15.3. The van der Waals surface area contributed by atoms with E-state index in [-0.39, 0.29) is 17.2 Å². The highest BCUT2D eigenvalue weighted by Crippen LogP contribution is 2.23. The zero-order valence-electron chi connectivity index (χ0n) is 18.5. The van der Waals surface area contributed by atoms with Crippen LogP contribution in [0, 0.1) is 13.8 Å². The van der Waals surface area contributed by atoms with Gasteiger partial charge < -0.3 is 9.84 Å². The molecule has 0 amide bonds. The largest absolute Gasteiger partial charge is 0.478 e. The van der Waals surface area contributed by atoms with Gasteiger partial charge in [0, 0.05) is 11.3 Å². The van der Waals surface area contributed by atoms with E-state index in [9.17, 15) is 9.59 Å². The van der Waals surface area contributed by atoms with Crippen molar-refractivity contribution in [3.63, 3.8) is 0 Å². The number of aromatic amines is 1. The van der Waals surface area contributed by atoms with Crippen molar-refractivity contribution in [2.45, 2.75) is 47.0 Å². The molecular formula is C22H26N6O4. The Bertz CT molecular complexity index is 1190. The number of hydrogen-bond acceptors (Lipinski definition) is 7. The second-order valence-electron chi connectivity index (χ2n) is 7.21. The van der Waals surface area contributed by atoms with E-state index in [0.29, 0.717) is 23.9 Å². The van der Waals surface area contributed by atoms with Crippen LogP contribution in [0.15, 0.2) is 39.3 Å². The first kappa shape index (κ1) is 22.9. The molecule has 1 aromatic carbocycles. The number of hydrogen-bond donors (Lipinski definition) is 2. The van der Waals surface area contributed by atoms with Gasteiger partial charge in [-0.3, -0.25) is 9.89 Å². The van der Waals surface area contributed by atoms with Gasteiger partial charge in [0.2, 0.25) is 5.88 Å². The average Bonchev–Trinajstić information content (AvgIpc) is 3.05. The maximum absolute atomic E-state index is 13.0. The van der Waals surface area contributed by atoms with E-state index >= 15 is 0 Å². The van der Waals surface area contributed by atoms with Crippen LogP contribution in [0.4, 0.5) is 11.4 Å². The average molecular weight is 438 g/mol. The summed E-state index contributed by atoms with van der Waals surface area (Å²) in [6.45, 7) is 8.02. The number of unbranched alkanes of at least 4 members (excludes halogenated alkanes) is 1. The normalized spacial score (nSPS) is 11.2. The van der Waals surface area contributed by atoms with Crippen LogP contribution in [0.2, 0.25) is 0 Å². The number of azo groups is 1. The molecule has 2 aromatic heterocycles. The SMILES string of the molecule is CCCCc1c(C)nc(-n2[nH]c(C)c(N=Nc3ccc(C(=O)O)cc3)c2=O)nc1OCC. The van der Waals surface area contributed by atoms with Crippen LogP contribution in [0.25, 0.3) is 5.95 Å². The molecule has 0 aliphatic heterocycles. The Balaban J connectivity index is 1.96. The van der Waals surface area contributed by atoms with Gasteiger partial charge in [-0.15, -0.1) is 5.11 Å². The van der Waals surface area contributed by atoms with Crippen LogP contribution in [0.3, 0.4) is 0 Å². The topological polar surface area (TPSA) is 135 Å². The fraction of sp³-hybridized carbons (Fsp3) is 0.364. The number of carboxylic acid groups (broad SMARTS) is 1. The standard InChI is InChI=1S/C22H26N6O4/c1-5-7-8-17-13(3)23-22(24-19(17)32-6-2)28-20(29)18(14(4)27-28)26-25-16-11-9-15(10-12-16)21(30)31/h9-12,27H,5-8H2,1-4H3,(H,30,31). The first-order valence-electron chi connectivity index (χ1n) is 10.4. The van der Waals surface area contributed by atoms with Crippen molar-refractivity contribution in [2.75, 3.05) is 6.61 Å². The lowest BCUT2D eigenvalue weighted by molar-refractivity contribution is 0.0697. The maximum Gasteiger partial charge on any atom is 0.335 e. The van der Waals surface area contributed by atoms with Gasteiger partial charge in [-0.1, -0.05) is 13.3 Å². The third-order valence-corrected chi connectivity index (χ3v) is 4.85. The van der Waals surface area contributed by atoms with Crippen LogP contribution in [0.5, 0.6) is 5.88 Å². The van der Waals surface area contributed by atoms with Crippen LogP contribution in [-0.4, -0.2) is 37.4 Å². The summed E-state index contributed by atoms with van der Waals surface area (Å²) in [4.78, 5) is 32.9. The molecule has 10 nitrogen and oxygen atoms in total. The summed E-state index contributed by atoms with van der Waals surface area (Å²) in [5.41, 5.74) is 2.43. The predicted molar refractivity (Wildman–Crippen MR) is 119 cm³/mol. The fourth-order valence-electron chi connectivity index (χ4n) is 3.13. The van der Waals surface area contributed by atoms with Crippen molar-refractivity contribution in [1.29, 1.82) is 0 Å². The zero-order chi connectivity index (χ0) is 23.3. The summed E-state index contributed by atoms with van der Waals surface area (Å²) in [6, 6.07) is 5.88. The lowest BCUT2D eigenvalue weighted by Crippen LogP contribution is -2.19. The number of carboxylic acids is 1. The molecular weight excluding hydrogens is 412 g/mol. The molecule has 0 saturated carbocycles. The number of aromatic nitrogens is 4. The minimum absolute atomic E-state index is 0.113. The van der Waals surface area contributed by atoms with E-state index in [0.717, 1.165) is 30.5 Å². The summed E-state index contributed by atoms with van der Waals surface area (Å²) in [5.74, 6) is -0.379. The van der Waals surface area contributed by atoms with E-state index < -0.39 is 11.5 Å². The Labute approximate surface area is 185 Å². The number of aryl methyl sites for hydroxylation is 2. The summed E-state index contributed by atoms with van der Waals surface area (Å²) in [6.07, 6.45) is 2.83. The lowest BCUT2D eigenvalue weighted by atomic mass is 10.1. The molecule has 3 rings (SSSR count). The number of benzene rings is 1. The minimum atomic E-state index is -1.03. The Morgan fingerprint density at radius 3 is 2.50 bits per heavy atom. The van der Waals surface area contributed by atoms with Crippen molar-refractivity contribution in [3.8, 4) is 11.8 Å². The highest BCUT2D eigenvalue weighted by Gasteiger charge is 2.18. The summed E-state index contributed by atoms with van der Waals surface area (Å²) < 4.78 is 6.94. The van der Waals surface area contributed by atoms with E-state index in [4.69, 9.17) is 9.84 Å². The van der Waals surface area contributed by atoms with E-state index in [1.54, 1.807) is 6.92 Å². The first-order valence-corrected chi connectivity index (χ1v) is 10.4. The number of carbonyl (C=O) groups is 1. The molecule has 2 N–H and O–H groups in total.